The van der Waals surface area contributed by atoms with Crippen molar-refractivity contribution in [1.82, 2.24) is 0 Å². The Kier molecular flexibility index (Phi) is 48.4. The third-order valence-electron chi connectivity index (χ3n) is 25.2. The number of nitrogens with zero attached hydrogens (tertiary/aromatic N) is 1. The average Bonchev–Trinajstić information content (AvgIpc) is 0.730. The first kappa shape index (κ1) is 125. The molecule has 2 N–H and O–H groups in total. The Balaban J connectivity index is 0.000000313. The fourth-order valence-corrected chi connectivity index (χ4v) is 40.6. The molecule has 13 nitrogen and oxygen atoms in total. The minimum Gasteiger partial charge on any atom is -1.00 e. The molecule has 0 atom stereocenters. The largest absolute Gasteiger partial charge is 1.00 e. The second-order valence-corrected chi connectivity index (χ2v) is 64.0. The molecule has 754 valence electrons. The summed E-state index contributed by atoms with van der Waals surface area (Å²) in [6.07, 6.45) is 1.18. The zero-order valence-electron chi connectivity index (χ0n) is 92.1. The van der Waals surface area contributed by atoms with Crippen LogP contribution in [0.5, 0.6) is 34.5 Å². The molecule has 0 spiro atoms. The van der Waals surface area contributed by atoms with E-state index in [1.165, 1.54) is 41.6 Å². The van der Waals surface area contributed by atoms with Gasteiger partial charge in [-0.3, -0.25) is 14.4 Å². The van der Waals surface area contributed by atoms with E-state index < -0.39 is 46.4 Å². The fourth-order valence-electron chi connectivity index (χ4n) is 18.7. The number of ketones is 3. The predicted octanol–water partition coefficient (Wildman–Crippen LogP) is 16.2. The predicted molar refractivity (Wildman–Crippen MR) is 615 cm³/mol. The molecule has 15 aromatic carbocycles. The molecule has 0 aliphatic carbocycles. The summed E-state index contributed by atoms with van der Waals surface area (Å²) in [7, 11) is -14.7. The normalized spacial score (nSPS) is 11.7. The van der Waals surface area contributed by atoms with Gasteiger partial charge in [-0.05, 0) is 158 Å². The number of Topliss-reactive ketones (excluding diaryl/α,β-unsaturated/α-hetero) is 2. The van der Waals surface area contributed by atoms with Crippen molar-refractivity contribution in [3.8, 4) is 34.5 Å². The van der Waals surface area contributed by atoms with Crippen LogP contribution < -0.4 is 196 Å². The second-order valence-electron chi connectivity index (χ2n) is 41.4. The number of phenols is 2. The van der Waals surface area contributed by atoms with Crippen LogP contribution in [0.1, 0.15) is 201 Å². The van der Waals surface area contributed by atoms with Crippen molar-refractivity contribution in [3.63, 3.8) is 0 Å². The first-order valence-electron chi connectivity index (χ1n) is 49.6. The second kappa shape index (κ2) is 57.1. The van der Waals surface area contributed by atoms with Gasteiger partial charge in [0, 0.05) is 0 Å². The van der Waals surface area contributed by atoms with Gasteiger partial charge in [-0.2, -0.15) is 11.1 Å². The topological polar surface area (TPSA) is 192 Å². The SMILES string of the molecule is CC(=O)c1c(O)cccc1O.CC(=O)c1c(O[Si](c2ccccc2)(c2ccccc2)C(C)(C)C)cccc1O[Si](c1ccccc1)(c1ccccc1)C(C)(C)C.CC(C)(C)[Si](Cl)(c1ccccc1)c1ccccc1.CC(C)(C)[Si](Oc1cccc(O[Si](c2ccccc2)(c2ccccc2)C(C)(C)C)c1C(=O)/C=C(\[O-])c1ccccc1)(c1ccccc1)c1ccccc1.CC(C)[N-]C(C)C.CCOC(=O)c1ccccc1.[H-].[K+].[K+].[Li+]. The molecular weight excluding hydrogens is 1980 g/mol. The maximum atomic E-state index is 14.9. The van der Waals surface area contributed by atoms with E-state index in [2.05, 4.69) is 331 Å². The van der Waals surface area contributed by atoms with Crippen molar-refractivity contribution in [2.45, 2.75) is 190 Å². The van der Waals surface area contributed by atoms with Crippen LogP contribution in [-0.4, -0.2) is 92.9 Å². The number of benzene rings is 15. The van der Waals surface area contributed by atoms with Crippen LogP contribution in [-0.2, 0) is 4.74 Å². The summed E-state index contributed by atoms with van der Waals surface area (Å²) in [6, 6.07) is 139. The van der Waals surface area contributed by atoms with Crippen molar-refractivity contribution in [3.05, 3.63) is 458 Å². The molecule has 0 aliphatic heterocycles. The number of hydrogen-bond acceptors (Lipinski definition) is 12. The van der Waals surface area contributed by atoms with Gasteiger partial charge in [-0.1, -0.05) is 507 Å². The standard InChI is InChI=1S/C47H48O4Si2.C40H44O3Si2.C16H19ClSi.C9H10O2.C8H8O3.C6H14N.2K.Li.H/c1-46(2,3)52(37-25-14-8-15-26-37,38-27-16-9-17-28-38)50-43-33-22-34-44(45(43)42(49)35-41(48)36-23-12-7-13-24-36)51-53(47(4,5)6,39-29-18-10-19-30-39)40-31-20-11-21-32-40;1-31(41)38-36(42-44(39(2,3)4,32-21-12-8-13-22-32)33-23-14-9-15-24-33)29-20-30-37(38)43-45(40(5,6)7,34-25-16-10-17-26-34)35-27-18-11-19-28-35;1-16(2,3)18(17,14-10-6-4-7-11-14)15-12-8-5-9-13-15;1-2-11-9(10)8-6-4-3-5-7-8;1-5(9)8-6(10)3-2-4-7(8)11;1-5(2)7-6(3)4;;;;/h7-35,48H,1-6H3;8-30H,1-7H3;4-13H,1-3H3;3-7H,2H2,1H3;2-4,10-11H,1H3;5-6H,1-4H3;;;;/q;;;;;-1;3*+1;-1/p-1/b41-35-;;;;;;;;;. The number of rotatable bonds is 27. The third-order valence-corrected chi connectivity index (χ3v) is 52.3. The van der Waals surface area contributed by atoms with E-state index in [-0.39, 0.29) is 194 Å². The molecule has 0 aliphatic rings. The molecule has 22 heteroatoms. The molecular formula is C126H143ClK2LiNO12Si5. The Labute approximate surface area is 989 Å². The first-order valence-corrected chi connectivity index (χ1v) is 60.2. The van der Waals surface area contributed by atoms with Crippen LogP contribution >= 0.6 is 11.1 Å². The van der Waals surface area contributed by atoms with E-state index >= 15 is 0 Å². The molecule has 0 bridgehead atoms. The molecule has 0 unspecified atom stereocenters. The van der Waals surface area contributed by atoms with E-state index in [1.54, 1.807) is 50.2 Å². The van der Waals surface area contributed by atoms with Crippen LogP contribution in [0.15, 0.2) is 425 Å². The number of phenolic OH excluding ortho intramolecular Hbond substituents is 2. The minimum atomic E-state index is -3.21. The summed E-state index contributed by atoms with van der Waals surface area (Å²) < 4.78 is 34.8. The molecule has 15 rings (SSSR count). The van der Waals surface area contributed by atoms with Gasteiger partial charge in [-0.25, -0.2) is 4.79 Å². The van der Waals surface area contributed by atoms with Crippen molar-refractivity contribution in [2.24, 2.45) is 0 Å². The van der Waals surface area contributed by atoms with Crippen LogP contribution in [0.2, 0.25) is 25.2 Å². The van der Waals surface area contributed by atoms with Gasteiger partial charge < -0.3 is 44.5 Å². The Hall–Kier alpha value is -9.68. The van der Waals surface area contributed by atoms with Gasteiger partial charge in [0.2, 0.25) is 7.38 Å². The molecule has 0 amide bonds. The monoisotopic (exact) mass is 2120 g/mol. The minimum absolute atomic E-state index is 0. The smallest absolute Gasteiger partial charge is 1.00 e. The summed E-state index contributed by atoms with van der Waals surface area (Å²) >= 11 is 7.21. The summed E-state index contributed by atoms with van der Waals surface area (Å²) in [6.45, 7) is 46.9. The number of esters is 1. The van der Waals surface area contributed by atoms with Gasteiger partial charge in [0.05, 0.1) is 17.7 Å². The van der Waals surface area contributed by atoms with Gasteiger partial charge in [0.1, 0.15) is 45.6 Å². The van der Waals surface area contributed by atoms with Crippen LogP contribution in [0.25, 0.3) is 11.1 Å². The van der Waals surface area contributed by atoms with E-state index in [9.17, 15) is 24.3 Å². The Morgan fingerprint density at radius 3 is 0.703 bits per heavy atom. The number of carbonyl (C=O) groups is 4. The number of hydrogen-bond donors (Lipinski definition) is 2. The zero-order valence-corrected chi connectivity index (χ0v) is 103. The molecule has 15 aromatic rings. The Bertz CT molecular complexity index is 6190. The summed E-state index contributed by atoms with van der Waals surface area (Å²) in [4.78, 5) is 50.4. The summed E-state index contributed by atoms with van der Waals surface area (Å²) in [5.41, 5.74) is 1.73. The van der Waals surface area contributed by atoms with Crippen molar-refractivity contribution >= 4 is 133 Å². The Morgan fingerprint density at radius 2 is 0.514 bits per heavy atom. The van der Waals surface area contributed by atoms with Gasteiger partial charge >= 0.3 is 161 Å². The molecule has 0 saturated carbocycles. The van der Waals surface area contributed by atoms with E-state index in [0.29, 0.717) is 58.4 Å². The summed E-state index contributed by atoms with van der Waals surface area (Å²) in [5, 5.41) is 46.3. The Morgan fingerprint density at radius 1 is 0.311 bits per heavy atom. The molecule has 0 saturated heterocycles. The number of halogens is 1. The van der Waals surface area contributed by atoms with Crippen molar-refractivity contribution in [2.75, 3.05) is 6.61 Å². The van der Waals surface area contributed by atoms with Crippen LogP contribution in [0.3, 0.4) is 0 Å². The van der Waals surface area contributed by atoms with Crippen LogP contribution in [0.4, 0.5) is 0 Å². The maximum absolute atomic E-state index is 14.9. The number of aromatic hydroxyl groups is 2. The van der Waals surface area contributed by atoms with Gasteiger partial charge in [0.25, 0.3) is 0 Å². The fraction of sp³-hybridized carbons (Fsp3) is 0.238. The first-order chi connectivity index (χ1) is 68.9. The number of carbonyl (C=O) groups excluding carboxylic acids is 4. The molecule has 0 aromatic heterocycles. The molecule has 148 heavy (non-hydrogen) atoms. The van der Waals surface area contributed by atoms with Crippen molar-refractivity contribution < 1.29 is 180 Å². The summed E-state index contributed by atoms with van der Waals surface area (Å²) in [5.74, 6) is -0.0131. The van der Waals surface area contributed by atoms with Crippen LogP contribution in [0, 0.1) is 0 Å². The average molecular weight is 2120 g/mol. The van der Waals surface area contributed by atoms with Gasteiger partial charge in [0.15, 0.2) is 17.3 Å². The van der Waals surface area contributed by atoms with Gasteiger partial charge in [-0.15, -0.1) is 12.1 Å². The maximum Gasteiger partial charge on any atom is 1.00 e. The molecule has 0 radical (unpaired) electrons. The van der Waals surface area contributed by atoms with E-state index in [0.717, 1.165) is 41.5 Å². The van der Waals surface area contributed by atoms with E-state index in [4.69, 9.17) is 43.7 Å². The van der Waals surface area contributed by atoms with Crippen molar-refractivity contribution in [1.29, 1.82) is 0 Å². The molecule has 0 fully saturated rings. The number of ether oxygens (including phenoxy) is 1. The zero-order chi connectivity index (χ0) is 106. The number of allylic oxidation sites excluding steroid dienone is 1. The quantitative estimate of drug-likeness (QED) is 0.0124. The third kappa shape index (κ3) is 30.9. The molecule has 0 heterocycles. The van der Waals surface area contributed by atoms with E-state index in [1.807, 2.05) is 170 Å².